The Balaban J connectivity index is 3.39. The number of hydrogen-bond donors (Lipinski definition) is 1. The van der Waals surface area contributed by atoms with Crippen LogP contribution in [0.3, 0.4) is 0 Å². The first kappa shape index (κ1) is 13.4. The van der Waals surface area contributed by atoms with Crippen LogP contribution in [0, 0.1) is 0 Å². The second-order valence-electron chi connectivity index (χ2n) is 2.56. The first-order valence-electron chi connectivity index (χ1n) is 4.20. The average Bonchev–Trinajstić information content (AvgIpc) is 2.16. The molecule has 0 saturated heterocycles. The molecule has 82 valence electrons. The third-order valence-electron chi connectivity index (χ3n) is 1.42. The number of carbonyl (C=O) groups excluding carboxylic acids is 2. The SMILES string of the molecule is COCCOC(=O)CCC(=O)CNCl. The highest BCUT2D eigenvalue weighted by molar-refractivity contribution is 6.14. The second-order valence-corrected chi connectivity index (χ2v) is 2.83. The summed E-state index contributed by atoms with van der Waals surface area (Å²) in [5, 5.41) is 0. The van der Waals surface area contributed by atoms with Gasteiger partial charge in [0, 0.05) is 13.5 Å². The van der Waals surface area contributed by atoms with Gasteiger partial charge in [-0.3, -0.25) is 9.59 Å². The number of ketones is 1. The molecule has 0 amide bonds. The number of hydrogen-bond acceptors (Lipinski definition) is 5. The lowest BCUT2D eigenvalue weighted by Crippen LogP contribution is -2.17. The molecule has 6 heteroatoms. The van der Waals surface area contributed by atoms with Crippen LogP contribution in [0.1, 0.15) is 12.8 Å². The summed E-state index contributed by atoms with van der Waals surface area (Å²) in [5.74, 6) is -0.520. The molecule has 1 N–H and O–H groups in total. The predicted octanol–water partition coefficient (Wildman–Crippen LogP) is 0.269. The lowest BCUT2D eigenvalue weighted by Gasteiger charge is -2.02. The number of carbonyl (C=O) groups is 2. The highest BCUT2D eigenvalue weighted by atomic mass is 35.5. The van der Waals surface area contributed by atoms with Gasteiger partial charge in [-0.1, -0.05) is 0 Å². The van der Waals surface area contributed by atoms with Crippen LogP contribution >= 0.6 is 11.8 Å². The maximum Gasteiger partial charge on any atom is 0.306 e. The smallest absolute Gasteiger partial charge is 0.306 e. The van der Waals surface area contributed by atoms with E-state index >= 15 is 0 Å². The van der Waals surface area contributed by atoms with Gasteiger partial charge in [0.05, 0.1) is 19.6 Å². The van der Waals surface area contributed by atoms with Crippen molar-refractivity contribution in [3.63, 3.8) is 0 Å². The van der Waals surface area contributed by atoms with Gasteiger partial charge in [-0.05, 0) is 11.8 Å². The number of rotatable bonds is 8. The summed E-state index contributed by atoms with van der Waals surface area (Å²) in [6.07, 6.45) is 0.229. The maximum absolute atomic E-state index is 10.9. The highest BCUT2D eigenvalue weighted by Gasteiger charge is 2.07. The number of Topliss-reactive ketones (excluding diaryl/α,β-unsaturated/α-hetero) is 1. The van der Waals surface area contributed by atoms with E-state index in [1.165, 1.54) is 7.11 Å². The van der Waals surface area contributed by atoms with Gasteiger partial charge in [0.25, 0.3) is 0 Å². The summed E-state index contributed by atoms with van der Waals surface area (Å²) >= 11 is 5.11. The molecule has 0 spiro atoms. The first-order valence-corrected chi connectivity index (χ1v) is 4.58. The van der Waals surface area contributed by atoms with Crippen molar-refractivity contribution in [2.24, 2.45) is 0 Å². The standard InChI is InChI=1S/C8H14ClNO4/c1-13-4-5-14-8(12)3-2-7(11)6-10-9/h10H,2-6H2,1H3. The van der Waals surface area contributed by atoms with Crippen LogP contribution in [0.4, 0.5) is 0 Å². The highest BCUT2D eigenvalue weighted by Crippen LogP contribution is 1.94. The van der Waals surface area contributed by atoms with Gasteiger partial charge in [0.2, 0.25) is 0 Å². The Hall–Kier alpha value is -0.650. The number of methoxy groups -OCH3 is 1. The summed E-state index contributed by atoms with van der Waals surface area (Å²) < 4.78 is 9.43. The summed E-state index contributed by atoms with van der Waals surface area (Å²) in [6.45, 7) is 0.646. The Kier molecular flexibility index (Phi) is 8.51. The third kappa shape index (κ3) is 7.97. The van der Waals surface area contributed by atoms with Crippen molar-refractivity contribution < 1.29 is 19.1 Å². The molecular formula is C8H14ClNO4. The van der Waals surface area contributed by atoms with E-state index in [0.717, 1.165) is 0 Å². The Bertz CT molecular complexity index is 186. The summed E-state index contributed by atoms with van der Waals surface area (Å²) in [6, 6.07) is 0. The fourth-order valence-electron chi connectivity index (χ4n) is 0.715. The Morgan fingerprint density at radius 2 is 2.00 bits per heavy atom. The zero-order valence-corrected chi connectivity index (χ0v) is 8.80. The van der Waals surface area contributed by atoms with Crippen LogP contribution in [0.2, 0.25) is 0 Å². The van der Waals surface area contributed by atoms with Crippen molar-refractivity contribution in [1.29, 1.82) is 0 Å². The monoisotopic (exact) mass is 223 g/mol. The van der Waals surface area contributed by atoms with Crippen LogP contribution < -0.4 is 4.84 Å². The van der Waals surface area contributed by atoms with E-state index in [-0.39, 0.29) is 31.8 Å². The van der Waals surface area contributed by atoms with Gasteiger partial charge >= 0.3 is 5.97 Å². The average molecular weight is 224 g/mol. The molecule has 0 fully saturated rings. The van der Waals surface area contributed by atoms with E-state index in [2.05, 4.69) is 9.57 Å². The van der Waals surface area contributed by atoms with Gasteiger partial charge in [-0.15, -0.1) is 0 Å². The lowest BCUT2D eigenvalue weighted by molar-refractivity contribution is -0.145. The van der Waals surface area contributed by atoms with Crippen molar-refractivity contribution in [2.45, 2.75) is 12.8 Å². The van der Waals surface area contributed by atoms with Crippen LogP contribution in [0.25, 0.3) is 0 Å². The molecule has 0 bridgehead atoms. The molecule has 0 heterocycles. The Labute approximate surface area is 87.8 Å². The van der Waals surface area contributed by atoms with Crippen LogP contribution in [0.5, 0.6) is 0 Å². The predicted molar refractivity (Wildman–Crippen MR) is 50.9 cm³/mol. The van der Waals surface area contributed by atoms with Crippen molar-refractivity contribution >= 4 is 23.5 Å². The van der Waals surface area contributed by atoms with E-state index in [4.69, 9.17) is 16.5 Å². The van der Waals surface area contributed by atoms with Gasteiger partial charge in [-0.2, -0.15) is 0 Å². The number of ether oxygens (including phenoxy) is 2. The maximum atomic E-state index is 10.9. The van der Waals surface area contributed by atoms with Gasteiger partial charge < -0.3 is 9.47 Å². The zero-order chi connectivity index (χ0) is 10.8. The Morgan fingerprint density at radius 1 is 1.29 bits per heavy atom. The van der Waals surface area contributed by atoms with E-state index in [9.17, 15) is 9.59 Å². The third-order valence-corrected chi connectivity index (χ3v) is 1.56. The van der Waals surface area contributed by atoms with Gasteiger partial charge in [0.15, 0.2) is 0 Å². The normalized spacial score (nSPS) is 9.86. The molecule has 0 atom stereocenters. The molecule has 0 aliphatic carbocycles. The van der Waals surface area contributed by atoms with Crippen LogP contribution in [-0.4, -0.2) is 38.6 Å². The van der Waals surface area contributed by atoms with Crippen LogP contribution in [0.15, 0.2) is 0 Å². The molecule has 0 radical (unpaired) electrons. The quantitative estimate of drug-likeness (QED) is 0.364. The minimum Gasteiger partial charge on any atom is -0.463 e. The second kappa shape index (κ2) is 8.93. The molecule has 0 saturated carbocycles. The summed E-state index contributed by atoms with van der Waals surface area (Å²) in [5.41, 5.74) is 0. The van der Waals surface area contributed by atoms with Crippen molar-refractivity contribution in [3.05, 3.63) is 0 Å². The van der Waals surface area contributed by atoms with E-state index in [1.807, 2.05) is 0 Å². The van der Waals surface area contributed by atoms with Crippen molar-refractivity contribution in [2.75, 3.05) is 26.9 Å². The zero-order valence-electron chi connectivity index (χ0n) is 8.05. The van der Waals surface area contributed by atoms with Crippen molar-refractivity contribution in [1.82, 2.24) is 4.84 Å². The molecule has 0 aromatic rings. The minimum absolute atomic E-state index is 0.0624. The number of halogens is 1. The van der Waals surface area contributed by atoms with E-state index in [0.29, 0.717) is 6.61 Å². The minimum atomic E-state index is -0.398. The molecular weight excluding hydrogens is 210 g/mol. The molecule has 5 nitrogen and oxygen atoms in total. The van der Waals surface area contributed by atoms with Crippen molar-refractivity contribution in [3.8, 4) is 0 Å². The van der Waals surface area contributed by atoms with E-state index < -0.39 is 5.97 Å². The van der Waals surface area contributed by atoms with Gasteiger partial charge in [0.1, 0.15) is 12.4 Å². The number of esters is 1. The molecule has 0 aliphatic heterocycles. The fraction of sp³-hybridized carbons (Fsp3) is 0.750. The molecule has 0 aromatic carbocycles. The summed E-state index contributed by atoms with van der Waals surface area (Å²) in [7, 11) is 1.52. The largest absolute Gasteiger partial charge is 0.463 e. The molecule has 0 unspecified atom stereocenters. The summed E-state index contributed by atoms with van der Waals surface area (Å²) in [4.78, 5) is 24.0. The van der Waals surface area contributed by atoms with Crippen LogP contribution in [-0.2, 0) is 19.1 Å². The molecule has 14 heavy (non-hydrogen) atoms. The Morgan fingerprint density at radius 3 is 2.57 bits per heavy atom. The first-order chi connectivity index (χ1) is 6.70. The fourth-order valence-corrected chi connectivity index (χ4v) is 0.864. The molecule has 0 rings (SSSR count). The molecule has 0 aliphatic rings. The molecule has 0 aromatic heterocycles. The lowest BCUT2D eigenvalue weighted by atomic mass is 10.2. The van der Waals surface area contributed by atoms with E-state index in [1.54, 1.807) is 0 Å². The topological polar surface area (TPSA) is 64.6 Å². The van der Waals surface area contributed by atoms with Gasteiger partial charge in [-0.25, -0.2) is 4.84 Å². The number of nitrogens with one attached hydrogen (secondary N) is 1.